The standard InChI is InChI=1S/C11H18ClN3/c1-8(2)10-7-9(3)14-11(15-10)13-6-4-5-12/h7-8H,4-6H2,1-3H3,(H,13,14,15). The predicted molar refractivity (Wildman–Crippen MR) is 64.7 cm³/mol. The summed E-state index contributed by atoms with van der Waals surface area (Å²) in [5.41, 5.74) is 2.08. The Morgan fingerprint density at radius 2 is 2.13 bits per heavy atom. The van der Waals surface area contributed by atoms with Crippen LogP contribution in [-0.2, 0) is 0 Å². The minimum atomic E-state index is 0.431. The van der Waals surface area contributed by atoms with Crippen molar-refractivity contribution in [2.75, 3.05) is 17.7 Å². The van der Waals surface area contributed by atoms with Crippen molar-refractivity contribution in [2.45, 2.75) is 33.1 Å². The SMILES string of the molecule is Cc1cc(C(C)C)nc(NCCCCl)n1. The molecule has 1 rings (SSSR count). The number of alkyl halides is 1. The zero-order chi connectivity index (χ0) is 11.3. The van der Waals surface area contributed by atoms with Gasteiger partial charge in [0, 0.05) is 23.8 Å². The zero-order valence-electron chi connectivity index (χ0n) is 9.55. The van der Waals surface area contributed by atoms with Gasteiger partial charge in [-0.2, -0.15) is 0 Å². The molecule has 1 N–H and O–H groups in total. The average Bonchev–Trinajstić information content (AvgIpc) is 2.17. The summed E-state index contributed by atoms with van der Waals surface area (Å²) in [7, 11) is 0. The molecule has 1 aromatic heterocycles. The molecule has 0 aliphatic heterocycles. The molecule has 0 bridgehead atoms. The maximum atomic E-state index is 5.60. The number of aryl methyl sites for hydroxylation is 1. The Balaban J connectivity index is 2.71. The molecule has 3 nitrogen and oxygen atoms in total. The largest absolute Gasteiger partial charge is 0.354 e. The highest BCUT2D eigenvalue weighted by Crippen LogP contribution is 2.14. The van der Waals surface area contributed by atoms with E-state index in [0.717, 1.165) is 24.4 Å². The van der Waals surface area contributed by atoms with Gasteiger partial charge in [-0.1, -0.05) is 13.8 Å². The summed E-state index contributed by atoms with van der Waals surface area (Å²) in [6.07, 6.45) is 0.926. The summed E-state index contributed by atoms with van der Waals surface area (Å²) in [5, 5.41) is 3.18. The quantitative estimate of drug-likeness (QED) is 0.621. The summed E-state index contributed by atoms with van der Waals surface area (Å²) in [4.78, 5) is 8.76. The van der Waals surface area contributed by atoms with Crippen LogP contribution < -0.4 is 5.32 Å². The third-order valence-corrected chi connectivity index (χ3v) is 2.33. The van der Waals surface area contributed by atoms with Crippen molar-refractivity contribution in [3.63, 3.8) is 0 Å². The van der Waals surface area contributed by atoms with Crippen LogP contribution in [0.4, 0.5) is 5.95 Å². The number of anilines is 1. The van der Waals surface area contributed by atoms with Crippen molar-refractivity contribution in [1.29, 1.82) is 0 Å². The minimum Gasteiger partial charge on any atom is -0.354 e. The molecule has 1 heterocycles. The molecule has 0 radical (unpaired) electrons. The number of halogens is 1. The molecular formula is C11H18ClN3. The van der Waals surface area contributed by atoms with Crippen LogP contribution in [-0.4, -0.2) is 22.4 Å². The minimum absolute atomic E-state index is 0.431. The zero-order valence-corrected chi connectivity index (χ0v) is 10.3. The van der Waals surface area contributed by atoms with Gasteiger partial charge in [-0.05, 0) is 25.3 Å². The van der Waals surface area contributed by atoms with E-state index in [1.807, 2.05) is 13.0 Å². The summed E-state index contributed by atoms with van der Waals surface area (Å²) in [6.45, 7) is 7.07. The highest BCUT2D eigenvalue weighted by molar-refractivity contribution is 6.17. The lowest BCUT2D eigenvalue weighted by Crippen LogP contribution is -2.08. The molecular weight excluding hydrogens is 210 g/mol. The van der Waals surface area contributed by atoms with E-state index in [4.69, 9.17) is 11.6 Å². The number of aromatic nitrogens is 2. The number of hydrogen-bond acceptors (Lipinski definition) is 3. The highest BCUT2D eigenvalue weighted by atomic mass is 35.5. The fourth-order valence-corrected chi connectivity index (χ4v) is 1.37. The van der Waals surface area contributed by atoms with E-state index < -0.39 is 0 Å². The second-order valence-electron chi connectivity index (χ2n) is 3.88. The second kappa shape index (κ2) is 5.91. The monoisotopic (exact) mass is 227 g/mol. The number of hydrogen-bond donors (Lipinski definition) is 1. The predicted octanol–water partition coefficient (Wildman–Crippen LogP) is 2.95. The van der Waals surface area contributed by atoms with Gasteiger partial charge in [0.1, 0.15) is 0 Å². The summed E-state index contributed by atoms with van der Waals surface area (Å²) in [5.74, 6) is 1.81. The van der Waals surface area contributed by atoms with E-state index in [2.05, 4.69) is 29.1 Å². The molecule has 1 aromatic rings. The molecule has 0 saturated carbocycles. The molecule has 0 atom stereocenters. The average molecular weight is 228 g/mol. The van der Waals surface area contributed by atoms with Crippen molar-refractivity contribution in [3.05, 3.63) is 17.5 Å². The van der Waals surface area contributed by atoms with E-state index >= 15 is 0 Å². The molecule has 0 fully saturated rings. The maximum Gasteiger partial charge on any atom is 0.223 e. The van der Waals surface area contributed by atoms with Crippen LogP contribution in [0, 0.1) is 6.92 Å². The van der Waals surface area contributed by atoms with Gasteiger partial charge in [0.15, 0.2) is 0 Å². The van der Waals surface area contributed by atoms with Crippen molar-refractivity contribution in [2.24, 2.45) is 0 Å². The Morgan fingerprint density at radius 1 is 1.40 bits per heavy atom. The Bertz CT molecular complexity index is 313. The van der Waals surface area contributed by atoms with Crippen LogP contribution in [0.2, 0.25) is 0 Å². The van der Waals surface area contributed by atoms with Crippen molar-refractivity contribution in [1.82, 2.24) is 9.97 Å². The van der Waals surface area contributed by atoms with Crippen LogP contribution in [0.3, 0.4) is 0 Å². The Morgan fingerprint density at radius 3 is 2.73 bits per heavy atom. The molecule has 0 unspecified atom stereocenters. The molecule has 0 spiro atoms. The fourth-order valence-electron chi connectivity index (χ4n) is 1.23. The van der Waals surface area contributed by atoms with Gasteiger partial charge in [0.25, 0.3) is 0 Å². The van der Waals surface area contributed by atoms with Gasteiger partial charge in [-0.25, -0.2) is 9.97 Å². The molecule has 0 saturated heterocycles. The number of nitrogens with zero attached hydrogens (tertiary/aromatic N) is 2. The third-order valence-electron chi connectivity index (χ3n) is 2.06. The van der Waals surface area contributed by atoms with Gasteiger partial charge in [-0.3, -0.25) is 0 Å². The van der Waals surface area contributed by atoms with E-state index in [9.17, 15) is 0 Å². The van der Waals surface area contributed by atoms with Gasteiger partial charge in [0.2, 0.25) is 5.95 Å². The first-order valence-corrected chi connectivity index (χ1v) is 5.82. The molecule has 4 heteroatoms. The van der Waals surface area contributed by atoms with E-state index in [-0.39, 0.29) is 0 Å². The lowest BCUT2D eigenvalue weighted by atomic mass is 10.1. The van der Waals surface area contributed by atoms with Gasteiger partial charge >= 0.3 is 0 Å². The molecule has 0 aliphatic rings. The van der Waals surface area contributed by atoms with Crippen LogP contribution >= 0.6 is 11.6 Å². The molecule has 0 aliphatic carbocycles. The summed E-state index contributed by atoms with van der Waals surface area (Å²) >= 11 is 5.60. The first kappa shape index (κ1) is 12.2. The topological polar surface area (TPSA) is 37.8 Å². The lowest BCUT2D eigenvalue weighted by Gasteiger charge is -2.09. The van der Waals surface area contributed by atoms with E-state index in [0.29, 0.717) is 17.7 Å². The van der Waals surface area contributed by atoms with Crippen molar-refractivity contribution < 1.29 is 0 Å². The first-order valence-electron chi connectivity index (χ1n) is 5.29. The molecule has 15 heavy (non-hydrogen) atoms. The van der Waals surface area contributed by atoms with Gasteiger partial charge in [0.05, 0.1) is 0 Å². The Kier molecular flexibility index (Phi) is 4.82. The fraction of sp³-hybridized carbons (Fsp3) is 0.636. The van der Waals surface area contributed by atoms with Crippen molar-refractivity contribution in [3.8, 4) is 0 Å². The van der Waals surface area contributed by atoms with Crippen LogP contribution in [0.5, 0.6) is 0 Å². The number of nitrogens with one attached hydrogen (secondary N) is 1. The van der Waals surface area contributed by atoms with Crippen molar-refractivity contribution >= 4 is 17.5 Å². The van der Waals surface area contributed by atoms with Crippen LogP contribution in [0.1, 0.15) is 37.6 Å². The Hall–Kier alpha value is -0.830. The molecule has 84 valence electrons. The summed E-state index contributed by atoms with van der Waals surface area (Å²) < 4.78 is 0. The third kappa shape index (κ3) is 4.04. The van der Waals surface area contributed by atoms with E-state index in [1.165, 1.54) is 0 Å². The summed E-state index contributed by atoms with van der Waals surface area (Å²) in [6, 6.07) is 2.03. The second-order valence-corrected chi connectivity index (χ2v) is 4.26. The molecule has 0 amide bonds. The number of rotatable bonds is 5. The van der Waals surface area contributed by atoms with Crippen LogP contribution in [0.15, 0.2) is 6.07 Å². The first-order chi connectivity index (χ1) is 7.13. The van der Waals surface area contributed by atoms with Crippen LogP contribution in [0.25, 0.3) is 0 Å². The smallest absolute Gasteiger partial charge is 0.223 e. The Labute approximate surface area is 96.3 Å². The maximum absolute atomic E-state index is 5.60. The van der Waals surface area contributed by atoms with E-state index in [1.54, 1.807) is 0 Å². The normalized spacial score (nSPS) is 10.7. The van der Waals surface area contributed by atoms with Gasteiger partial charge < -0.3 is 5.32 Å². The molecule has 0 aromatic carbocycles. The highest BCUT2D eigenvalue weighted by Gasteiger charge is 2.04. The van der Waals surface area contributed by atoms with Gasteiger partial charge in [-0.15, -0.1) is 11.6 Å². The lowest BCUT2D eigenvalue weighted by molar-refractivity contribution is 0.807.